The zero-order valence-corrected chi connectivity index (χ0v) is 15.5. The summed E-state index contributed by atoms with van der Waals surface area (Å²) in [6, 6.07) is 11.6. The second-order valence-electron chi connectivity index (χ2n) is 5.54. The molecule has 0 aliphatic rings. The van der Waals surface area contributed by atoms with Gasteiger partial charge in [0.2, 0.25) is 10.0 Å². The highest BCUT2D eigenvalue weighted by Crippen LogP contribution is 2.24. The van der Waals surface area contributed by atoms with Crippen LogP contribution in [0.15, 0.2) is 47.4 Å². The van der Waals surface area contributed by atoms with E-state index in [2.05, 4.69) is 0 Å². The molecule has 0 atom stereocenters. The van der Waals surface area contributed by atoms with Gasteiger partial charge in [0.05, 0.1) is 24.7 Å². The van der Waals surface area contributed by atoms with Gasteiger partial charge < -0.3 is 9.47 Å². The van der Waals surface area contributed by atoms with Crippen molar-refractivity contribution >= 4 is 16.0 Å². The van der Waals surface area contributed by atoms with E-state index in [0.717, 1.165) is 5.56 Å². The summed E-state index contributed by atoms with van der Waals surface area (Å²) >= 11 is 0. The van der Waals surface area contributed by atoms with Crippen molar-refractivity contribution in [1.29, 1.82) is 0 Å². The first-order chi connectivity index (χ1) is 11.8. The molecule has 0 saturated carbocycles. The van der Waals surface area contributed by atoms with Crippen LogP contribution in [0, 0.1) is 6.92 Å². The lowest BCUT2D eigenvalue weighted by Gasteiger charge is -2.19. The number of aryl methyl sites for hydroxylation is 1. The zero-order valence-electron chi connectivity index (χ0n) is 14.6. The number of methoxy groups -OCH3 is 2. The predicted octanol–water partition coefficient (Wildman–Crippen LogP) is 2.61. The van der Waals surface area contributed by atoms with Crippen molar-refractivity contribution in [3.05, 3.63) is 59.2 Å². The maximum Gasteiger partial charge on any atom is 0.338 e. The molecule has 0 spiro atoms. The van der Waals surface area contributed by atoms with Gasteiger partial charge in [-0.25, -0.2) is 13.2 Å². The summed E-state index contributed by atoms with van der Waals surface area (Å²) in [5.41, 5.74) is 1.63. The number of rotatable bonds is 6. The predicted molar refractivity (Wildman–Crippen MR) is 94.2 cm³/mol. The fraction of sp³-hybridized carbons (Fsp3) is 0.278. The molecule has 0 unspecified atom stereocenters. The van der Waals surface area contributed by atoms with Crippen molar-refractivity contribution in [2.45, 2.75) is 18.4 Å². The molecule has 134 valence electrons. The van der Waals surface area contributed by atoms with Crippen LogP contribution in [0.25, 0.3) is 0 Å². The van der Waals surface area contributed by atoms with Crippen LogP contribution in [-0.2, 0) is 21.3 Å². The molecule has 2 aromatic carbocycles. The fourth-order valence-electron chi connectivity index (χ4n) is 2.43. The van der Waals surface area contributed by atoms with Gasteiger partial charge in [-0.2, -0.15) is 4.31 Å². The summed E-state index contributed by atoms with van der Waals surface area (Å²) in [4.78, 5) is 11.8. The lowest BCUT2D eigenvalue weighted by molar-refractivity contribution is 0.0599. The average Bonchev–Trinajstić information content (AvgIpc) is 2.61. The molecule has 0 aromatic heterocycles. The van der Waals surface area contributed by atoms with E-state index in [9.17, 15) is 13.2 Å². The van der Waals surface area contributed by atoms with Crippen LogP contribution < -0.4 is 4.74 Å². The van der Waals surface area contributed by atoms with Crippen LogP contribution >= 0.6 is 0 Å². The molecule has 0 fully saturated rings. The first-order valence-electron chi connectivity index (χ1n) is 7.58. The molecule has 6 nitrogen and oxygen atoms in total. The Morgan fingerprint density at radius 1 is 1.12 bits per heavy atom. The van der Waals surface area contributed by atoms with Crippen molar-refractivity contribution in [3.63, 3.8) is 0 Å². The number of hydrogen-bond donors (Lipinski definition) is 0. The number of para-hydroxylation sites is 1. The van der Waals surface area contributed by atoms with Gasteiger partial charge in [-0.1, -0.05) is 24.3 Å². The Morgan fingerprint density at radius 2 is 1.80 bits per heavy atom. The number of benzene rings is 2. The third kappa shape index (κ3) is 4.00. The maximum atomic E-state index is 12.8. The summed E-state index contributed by atoms with van der Waals surface area (Å²) in [6.07, 6.45) is 0. The van der Waals surface area contributed by atoms with Crippen LogP contribution in [0.4, 0.5) is 0 Å². The van der Waals surface area contributed by atoms with Crippen LogP contribution in [0.3, 0.4) is 0 Å². The molecule has 0 saturated heterocycles. The lowest BCUT2D eigenvalue weighted by atomic mass is 10.1. The number of nitrogens with zero attached hydrogens (tertiary/aromatic N) is 1. The minimum absolute atomic E-state index is 0.0379. The Morgan fingerprint density at radius 3 is 2.44 bits per heavy atom. The monoisotopic (exact) mass is 363 g/mol. The standard InChI is InChI=1S/C18H21NO5S/c1-13-9-10-15(11-16(13)18(20)24-4)25(21,22)19(2)12-14-7-5-6-8-17(14)23-3/h5-11H,12H2,1-4H3. The molecule has 0 amide bonds. The third-order valence-corrected chi connectivity index (χ3v) is 5.71. The van der Waals surface area contributed by atoms with Gasteiger partial charge in [0.1, 0.15) is 5.75 Å². The number of ether oxygens (including phenoxy) is 2. The van der Waals surface area contributed by atoms with Crippen LogP contribution in [0.2, 0.25) is 0 Å². The highest BCUT2D eigenvalue weighted by atomic mass is 32.2. The fourth-order valence-corrected chi connectivity index (χ4v) is 3.61. The second kappa shape index (κ2) is 7.67. The molecule has 7 heteroatoms. The molecule has 2 rings (SSSR count). The highest BCUT2D eigenvalue weighted by molar-refractivity contribution is 7.89. The molecular formula is C18H21NO5S. The molecule has 0 heterocycles. The van der Waals surface area contributed by atoms with Crippen molar-refractivity contribution in [2.24, 2.45) is 0 Å². The van der Waals surface area contributed by atoms with Crippen LogP contribution in [0.5, 0.6) is 5.75 Å². The molecule has 2 aromatic rings. The molecule has 0 radical (unpaired) electrons. The number of carbonyl (C=O) groups is 1. The molecule has 0 N–H and O–H groups in total. The van der Waals surface area contributed by atoms with Gasteiger partial charge in [0.25, 0.3) is 0 Å². The number of sulfonamides is 1. The van der Waals surface area contributed by atoms with Crippen LogP contribution in [0.1, 0.15) is 21.5 Å². The minimum Gasteiger partial charge on any atom is -0.496 e. The van der Waals surface area contributed by atoms with E-state index >= 15 is 0 Å². The van der Waals surface area contributed by atoms with E-state index in [4.69, 9.17) is 9.47 Å². The lowest BCUT2D eigenvalue weighted by Crippen LogP contribution is -2.27. The Hall–Kier alpha value is -2.38. The summed E-state index contributed by atoms with van der Waals surface area (Å²) < 4.78 is 36.9. The second-order valence-corrected chi connectivity index (χ2v) is 7.59. The average molecular weight is 363 g/mol. The van der Waals surface area contributed by atoms with Gasteiger partial charge >= 0.3 is 5.97 Å². The summed E-state index contributed by atoms with van der Waals surface area (Å²) in [5, 5.41) is 0. The first kappa shape index (κ1) is 19.0. The molecule has 0 bridgehead atoms. The van der Waals surface area contributed by atoms with Crippen molar-refractivity contribution in [3.8, 4) is 5.75 Å². The van der Waals surface area contributed by atoms with E-state index in [1.54, 1.807) is 25.1 Å². The van der Waals surface area contributed by atoms with Gasteiger partial charge in [0.15, 0.2) is 0 Å². The highest BCUT2D eigenvalue weighted by Gasteiger charge is 2.24. The largest absolute Gasteiger partial charge is 0.496 e. The number of hydrogen-bond acceptors (Lipinski definition) is 5. The van der Waals surface area contributed by atoms with Gasteiger partial charge in [-0.3, -0.25) is 0 Å². The number of esters is 1. The minimum atomic E-state index is -3.77. The smallest absolute Gasteiger partial charge is 0.338 e. The summed E-state index contributed by atoms with van der Waals surface area (Å²) in [6.45, 7) is 1.87. The quantitative estimate of drug-likeness (QED) is 0.738. The van der Waals surface area contributed by atoms with E-state index in [-0.39, 0.29) is 17.0 Å². The summed E-state index contributed by atoms with van der Waals surface area (Å²) in [7, 11) is 0.511. The molecule has 0 aliphatic heterocycles. The van der Waals surface area contributed by atoms with Crippen molar-refractivity contribution in [1.82, 2.24) is 4.31 Å². The maximum absolute atomic E-state index is 12.8. The van der Waals surface area contributed by atoms with Gasteiger partial charge in [0, 0.05) is 19.2 Å². The normalized spacial score (nSPS) is 11.4. The zero-order chi connectivity index (χ0) is 18.6. The van der Waals surface area contributed by atoms with E-state index in [0.29, 0.717) is 11.3 Å². The summed E-state index contributed by atoms with van der Waals surface area (Å²) in [5.74, 6) is 0.0469. The Labute approximate surface area is 148 Å². The SMILES string of the molecule is COC(=O)c1cc(S(=O)(=O)N(C)Cc2ccccc2OC)ccc1C. The van der Waals surface area contributed by atoms with Gasteiger partial charge in [-0.05, 0) is 30.7 Å². The van der Waals surface area contributed by atoms with E-state index in [1.807, 2.05) is 12.1 Å². The van der Waals surface area contributed by atoms with Gasteiger partial charge in [-0.15, -0.1) is 0 Å². The third-order valence-electron chi connectivity index (χ3n) is 3.91. The Kier molecular flexibility index (Phi) is 5.81. The first-order valence-corrected chi connectivity index (χ1v) is 9.02. The molecule has 25 heavy (non-hydrogen) atoms. The molecule has 0 aliphatic carbocycles. The topological polar surface area (TPSA) is 72.9 Å². The Balaban J connectivity index is 2.36. The van der Waals surface area contributed by atoms with E-state index < -0.39 is 16.0 Å². The van der Waals surface area contributed by atoms with Crippen molar-refractivity contribution < 1.29 is 22.7 Å². The van der Waals surface area contributed by atoms with E-state index in [1.165, 1.54) is 37.7 Å². The van der Waals surface area contributed by atoms with Crippen molar-refractivity contribution in [2.75, 3.05) is 21.3 Å². The van der Waals surface area contributed by atoms with Crippen LogP contribution in [-0.4, -0.2) is 40.0 Å². The number of carbonyl (C=O) groups excluding carboxylic acids is 1. The molecular weight excluding hydrogens is 342 g/mol. The Bertz CT molecular complexity index is 877.